The average Bonchev–Trinajstić information content (AvgIpc) is 2.40. The number of nitrogens with zero attached hydrogens (tertiary/aromatic N) is 3. The largest absolute Gasteiger partial charge is 0.339 e. The molecule has 1 aliphatic rings. The van der Waals surface area contributed by atoms with E-state index in [1.54, 1.807) is 17.3 Å². The minimum atomic E-state index is -0.0644. The van der Waals surface area contributed by atoms with E-state index < -0.39 is 0 Å². The Balaban J connectivity index is 1.91. The highest BCUT2D eigenvalue weighted by Crippen LogP contribution is 2.09. The van der Waals surface area contributed by atoms with Crippen LogP contribution in [0.25, 0.3) is 0 Å². The van der Waals surface area contributed by atoms with Crippen LogP contribution in [-0.2, 0) is 0 Å². The van der Waals surface area contributed by atoms with Gasteiger partial charge in [0, 0.05) is 32.0 Å². The lowest BCUT2D eigenvalue weighted by Gasteiger charge is -2.28. The third-order valence-corrected chi connectivity index (χ3v) is 3.04. The van der Waals surface area contributed by atoms with Gasteiger partial charge >= 0.3 is 0 Å². The zero-order valence-electron chi connectivity index (χ0n) is 10.1. The molecule has 0 aromatic carbocycles. The molecule has 0 spiro atoms. The Morgan fingerprint density at radius 1 is 1.53 bits per heavy atom. The van der Waals surface area contributed by atoms with E-state index in [0.717, 1.165) is 19.5 Å². The topological polar surface area (TPSA) is 58.1 Å². The van der Waals surface area contributed by atoms with Gasteiger partial charge < -0.3 is 10.2 Å². The van der Waals surface area contributed by atoms with E-state index in [4.69, 9.17) is 0 Å². The number of rotatable bonds is 3. The molecule has 1 aliphatic heterocycles. The standard InChI is InChI=1S/C12H18N4O/c1-16(9-10-4-2-3-5-14-10)12(17)11-8-13-6-7-15-11/h6-8,10,14H,2-5,9H2,1H3. The fourth-order valence-electron chi connectivity index (χ4n) is 2.10. The fourth-order valence-corrected chi connectivity index (χ4v) is 2.10. The van der Waals surface area contributed by atoms with Crippen LogP contribution in [0.5, 0.6) is 0 Å². The summed E-state index contributed by atoms with van der Waals surface area (Å²) in [6.45, 7) is 1.78. The molecule has 2 rings (SSSR count). The van der Waals surface area contributed by atoms with Gasteiger partial charge in [0.1, 0.15) is 5.69 Å². The van der Waals surface area contributed by atoms with Crippen molar-refractivity contribution >= 4 is 5.91 Å². The van der Waals surface area contributed by atoms with Crippen LogP contribution in [0.1, 0.15) is 29.8 Å². The SMILES string of the molecule is CN(CC1CCCCN1)C(=O)c1cnccn1. The molecular formula is C12H18N4O. The van der Waals surface area contributed by atoms with Crippen LogP contribution in [0.3, 0.4) is 0 Å². The summed E-state index contributed by atoms with van der Waals surface area (Å²) in [7, 11) is 1.81. The van der Waals surface area contributed by atoms with Gasteiger partial charge in [0.05, 0.1) is 6.20 Å². The highest BCUT2D eigenvalue weighted by Gasteiger charge is 2.19. The molecule has 0 saturated carbocycles. The predicted molar refractivity (Wildman–Crippen MR) is 64.6 cm³/mol. The lowest BCUT2D eigenvalue weighted by atomic mass is 10.0. The van der Waals surface area contributed by atoms with Crippen molar-refractivity contribution in [1.29, 1.82) is 0 Å². The van der Waals surface area contributed by atoms with Crippen molar-refractivity contribution in [2.24, 2.45) is 0 Å². The van der Waals surface area contributed by atoms with Crippen molar-refractivity contribution < 1.29 is 4.79 Å². The molecule has 92 valence electrons. The minimum absolute atomic E-state index is 0.0644. The molecule has 5 heteroatoms. The molecule has 1 amide bonds. The van der Waals surface area contributed by atoms with Crippen LogP contribution in [0.4, 0.5) is 0 Å². The smallest absolute Gasteiger partial charge is 0.273 e. The van der Waals surface area contributed by atoms with Gasteiger partial charge in [0.2, 0.25) is 0 Å². The number of aromatic nitrogens is 2. The first-order valence-corrected chi connectivity index (χ1v) is 6.02. The summed E-state index contributed by atoms with van der Waals surface area (Å²) >= 11 is 0. The van der Waals surface area contributed by atoms with Gasteiger partial charge in [-0.2, -0.15) is 0 Å². The van der Waals surface area contributed by atoms with Crippen LogP contribution in [0.15, 0.2) is 18.6 Å². The van der Waals surface area contributed by atoms with Gasteiger partial charge in [-0.15, -0.1) is 0 Å². The highest BCUT2D eigenvalue weighted by molar-refractivity contribution is 5.91. The summed E-state index contributed by atoms with van der Waals surface area (Å²) in [5.74, 6) is -0.0644. The molecule has 1 atom stereocenters. The Kier molecular flexibility index (Phi) is 4.03. The van der Waals surface area contributed by atoms with Crippen LogP contribution < -0.4 is 5.32 Å². The number of carbonyl (C=O) groups is 1. The molecule has 0 radical (unpaired) electrons. The first kappa shape index (κ1) is 12.0. The molecule has 1 N–H and O–H groups in total. The predicted octanol–water partition coefficient (Wildman–Crippen LogP) is 0.691. The maximum atomic E-state index is 12.0. The number of likely N-dealkylation sites (N-methyl/N-ethyl adjacent to an activating group) is 1. The summed E-state index contributed by atoms with van der Waals surface area (Å²) < 4.78 is 0. The van der Waals surface area contributed by atoms with Gasteiger partial charge in [-0.25, -0.2) is 4.98 Å². The molecule has 0 bridgehead atoms. The summed E-state index contributed by atoms with van der Waals surface area (Å²) in [6.07, 6.45) is 8.23. The Hall–Kier alpha value is -1.49. The van der Waals surface area contributed by atoms with E-state index in [-0.39, 0.29) is 5.91 Å². The Morgan fingerprint density at radius 3 is 3.06 bits per heavy atom. The minimum Gasteiger partial charge on any atom is -0.339 e. The zero-order valence-corrected chi connectivity index (χ0v) is 10.1. The molecule has 1 fully saturated rings. The van der Waals surface area contributed by atoms with Crippen molar-refractivity contribution in [3.63, 3.8) is 0 Å². The number of carbonyl (C=O) groups excluding carboxylic acids is 1. The lowest BCUT2D eigenvalue weighted by Crippen LogP contribution is -2.44. The second kappa shape index (κ2) is 5.72. The maximum absolute atomic E-state index is 12.0. The summed E-state index contributed by atoms with van der Waals surface area (Å²) in [5.41, 5.74) is 0.408. The first-order valence-electron chi connectivity index (χ1n) is 6.02. The van der Waals surface area contributed by atoms with E-state index >= 15 is 0 Å². The molecule has 1 saturated heterocycles. The normalized spacial score (nSPS) is 19.9. The molecule has 1 aromatic heterocycles. The van der Waals surface area contributed by atoms with Crippen LogP contribution in [0, 0.1) is 0 Å². The molecule has 1 unspecified atom stereocenters. The van der Waals surface area contributed by atoms with E-state index in [9.17, 15) is 4.79 Å². The number of amides is 1. The third-order valence-electron chi connectivity index (χ3n) is 3.04. The van der Waals surface area contributed by atoms with Crippen molar-refractivity contribution in [1.82, 2.24) is 20.2 Å². The molecule has 2 heterocycles. The molecular weight excluding hydrogens is 216 g/mol. The van der Waals surface area contributed by atoms with Crippen molar-refractivity contribution in [2.45, 2.75) is 25.3 Å². The number of hydrogen-bond donors (Lipinski definition) is 1. The van der Waals surface area contributed by atoms with Crippen LogP contribution >= 0.6 is 0 Å². The quantitative estimate of drug-likeness (QED) is 0.836. The van der Waals surface area contributed by atoms with Gasteiger partial charge in [-0.1, -0.05) is 6.42 Å². The zero-order chi connectivity index (χ0) is 12.1. The second-order valence-corrected chi connectivity index (χ2v) is 4.42. The maximum Gasteiger partial charge on any atom is 0.273 e. The van der Waals surface area contributed by atoms with Gasteiger partial charge in [-0.3, -0.25) is 9.78 Å². The molecule has 5 nitrogen and oxygen atoms in total. The summed E-state index contributed by atoms with van der Waals surface area (Å²) in [6, 6.07) is 0.411. The van der Waals surface area contributed by atoms with Crippen LogP contribution in [-0.4, -0.2) is 47.0 Å². The van der Waals surface area contributed by atoms with Crippen molar-refractivity contribution in [3.05, 3.63) is 24.3 Å². The first-order chi connectivity index (χ1) is 8.27. The monoisotopic (exact) mass is 234 g/mol. The van der Waals surface area contributed by atoms with Gasteiger partial charge in [0.25, 0.3) is 5.91 Å². The molecule has 17 heavy (non-hydrogen) atoms. The van der Waals surface area contributed by atoms with Crippen molar-refractivity contribution in [3.8, 4) is 0 Å². The van der Waals surface area contributed by atoms with E-state index in [1.165, 1.54) is 19.0 Å². The van der Waals surface area contributed by atoms with Gasteiger partial charge in [-0.05, 0) is 19.4 Å². The van der Waals surface area contributed by atoms with E-state index in [0.29, 0.717) is 11.7 Å². The lowest BCUT2D eigenvalue weighted by molar-refractivity contribution is 0.0769. The Labute approximate surface area is 101 Å². The van der Waals surface area contributed by atoms with E-state index in [1.807, 2.05) is 7.05 Å². The average molecular weight is 234 g/mol. The third kappa shape index (κ3) is 3.23. The number of hydrogen-bond acceptors (Lipinski definition) is 4. The second-order valence-electron chi connectivity index (χ2n) is 4.42. The van der Waals surface area contributed by atoms with Gasteiger partial charge in [0.15, 0.2) is 0 Å². The van der Waals surface area contributed by atoms with Crippen LogP contribution in [0.2, 0.25) is 0 Å². The Morgan fingerprint density at radius 2 is 2.41 bits per heavy atom. The fraction of sp³-hybridized carbons (Fsp3) is 0.583. The van der Waals surface area contributed by atoms with E-state index in [2.05, 4.69) is 15.3 Å². The number of nitrogens with one attached hydrogen (secondary N) is 1. The van der Waals surface area contributed by atoms with Crippen molar-refractivity contribution in [2.75, 3.05) is 20.1 Å². The summed E-state index contributed by atoms with van der Waals surface area (Å²) in [4.78, 5) is 21.7. The Bertz CT molecular complexity index is 362. The highest BCUT2D eigenvalue weighted by atomic mass is 16.2. The number of piperidine rings is 1. The molecule has 1 aromatic rings. The molecule has 0 aliphatic carbocycles. The summed E-state index contributed by atoms with van der Waals surface area (Å²) in [5, 5.41) is 3.43.